The Morgan fingerprint density at radius 1 is 1.03 bits per heavy atom. The lowest BCUT2D eigenvalue weighted by atomic mass is 10.1. The van der Waals surface area contributed by atoms with Gasteiger partial charge in [-0.3, -0.25) is 0 Å². The Bertz CT molecular complexity index is 1010. The van der Waals surface area contributed by atoms with Crippen LogP contribution in [0.2, 0.25) is 0 Å². The van der Waals surface area contributed by atoms with Crippen molar-refractivity contribution in [3.63, 3.8) is 0 Å². The van der Waals surface area contributed by atoms with Crippen LogP contribution in [-0.4, -0.2) is 34.0 Å². The zero-order valence-corrected chi connectivity index (χ0v) is 16.4. The van der Waals surface area contributed by atoms with E-state index in [0.29, 0.717) is 31.9 Å². The molecule has 3 aromatic rings. The molecule has 1 N–H and O–H groups in total. The Balaban J connectivity index is 1.46. The van der Waals surface area contributed by atoms with Crippen LogP contribution >= 0.6 is 0 Å². The highest BCUT2D eigenvalue weighted by Crippen LogP contribution is 2.22. The number of carbonyl (C=O) groups excluding carboxylic acids is 1. The van der Waals surface area contributed by atoms with Crippen molar-refractivity contribution >= 4 is 6.03 Å². The Morgan fingerprint density at radius 3 is 2.52 bits per heavy atom. The number of nitrogens with zero attached hydrogens (tertiary/aromatic N) is 3. The Labute approximate surface area is 169 Å². The molecule has 1 aromatic heterocycles. The van der Waals surface area contributed by atoms with Crippen molar-refractivity contribution in [3.05, 3.63) is 82.9 Å². The first kappa shape index (κ1) is 19.1. The molecule has 0 fully saturated rings. The van der Waals surface area contributed by atoms with Crippen molar-refractivity contribution in [1.29, 1.82) is 0 Å². The van der Waals surface area contributed by atoms with Gasteiger partial charge in [0.1, 0.15) is 5.82 Å². The van der Waals surface area contributed by atoms with E-state index in [-0.39, 0.29) is 11.8 Å². The van der Waals surface area contributed by atoms with Gasteiger partial charge in [-0.2, -0.15) is 0 Å². The van der Waals surface area contributed by atoms with E-state index in [1.54, 1.807) is 12.1 Å². The lowest BCUT2D eigenvalue weighted by Gasteiger charge is -2.20. The number of amides is 2. The van der Waals surface area contributed by atoms with Gasteiger partial charge < -0.3 is 10.2 Å². The fourth-order valence-electron chi connectivity index (χ4n) is 3.60. The molecule has 2 amide bonds. The van der Waals surface area contributed by atoms with Crippen LogP contribution in [0.25, 0.3) is 11.4 Å². The molecule has 0 unspecified atom stereocenters. The predicted molar refractivity (Wildman–Crippen MR) is 110 cm³/mol. The Kier molecular flexibility index (Phi) is 5.51. The molecule has 0 aliphatic carbocycles. The van der Waals surface area contributed by atoms with E-state index in [1.807, 2.05) is 42.2 Å². The van der Waals surface area contributed by atoms with Crippen LogP contribution in [0.3, 0.4) is 0 Å². The smallest absolute Gasteiger partial charge is 0.317 e. The molecule has 0 atom stereocenters. The molecule has 2 heterocycles. The van der Waals surface area contributed by atoms with Crippen LogP contribution in [-0.2, 0) is 19.4 Å². The molecule has 1 aliphatic rings. The van der Waals surface area contributed by atoms with Crippen LogP contribution in [0.4, 0.5) is 9.18 Å². The van der Waals surface area contributed by atoms with Gasteiger partial charge in [-0.05, 0) is 48.7 Å². The molecule has 1 aliphatic heterocycles. The fourth-order valence-corrected chi connectivity index (χ4v) is 3.60. The Morgan fingerprint density at radius 2 is 1.76 bits per heavy atom. The number of carbonyl (C=O) groups is 1. The molecule has 0 radical (unpaired) electrons. The summed E-state index contributed by atoms with van der Waals surface area (Å²) < 4.78 is 13.2. The van der Waals surface area contributed by atoms with Crippen molar-refractivity contribution in [2.24, 2.45) is 0 Å². The minimum atomic E-state index is -0.280. The average molecular weight is 390 g/mol. The molecule has 0 bridgehead atoms. The lowest BCUT2D eigenvalue weighted by molar-refractivity contribution is 0.200. The van der Waals surface area contributed by atoms with Gasteiger partial charge in [0.25, 0.3) is 0 Å². The molecule has 5 nitrogen and oxygen atoms in total. The number of urea groups is 1. The maximum Gasteiger partial charge on any atom is 0.317 e. The number of hydrogen-bond donors (Lipinski definition) is 1. The number of rotatable bonds is 3. The van der Waals surface area contributed by atoms with Gasteiger partial charge in [-0.1, -0.05) is 30.3 Å². The third kappa shape index (κ3) is 4.42. The van der Waals surface area contributed by atoms with Gasteiger partial charge in [0.15, 0.2) is 5.82 Å². The molecule has 148 valence electrons. The van der Waals surface area contributed by atoms with Gasteiger partial charge in [0.05, 0.1) is 0 Å². The second kappa shape index (κ2) is 8.39. The van der Waals surface area contributed by atoms with E-state index in [4.69, 9.17) is 4.98 Å². The first-order valence-electron chi connectivity index (χ1n) is 9.79. The van der Waals surface area contributed by atoms with Crippen LogP contribution in [0.5, 0.6) is 0 Å². The summed E-state index contributed by atoms with van der Waals surface area (Å²) in [4.78, 5) is 23.8. The van der Waals surface area contributed by atoms with Crippen molar-refractivity contribution in [2.45, 2.75) is 26.3 Å². The van der Waals surface area contributed by atoms with Crippen molar-refractivity contribution in [2.75, 3.05) is 13.1 Å². The fraction of sp³-hybridized carbons (Fsp3) is 0.261. The summed E-state index contributed by atoms with van der Waals surface area (Å²) in [7, 11) is 0. The summed E-state index contributed by atoms with van der Waals surface area (Å²) in [5.74, 6) is 0.320. The minimum Gasteiger partial charge on any atom is -0.334 e. The van der Waals surface area contributed by atoms with Crippen molar-refractivity contribution in [3.8, 4) is 11.4 Å². The van der Waals surface area contributed by atoms with Gasteiger partial charge in [-0.15, -0.1) is 0 Å². The highest BCUT2D eigenvalue weighted by atomic mass is 19.1. The van der Waals surface area contributed by atoms with Gasteiger partial charge >= 0.3 is 6.03 Å². The summed E-state index contributed by atoms with van der Waals surface area (Å²) in [6.45, 7) is 3.72. The minimum absolute atomic E-state index is 0.0639. The van der Waals surface area contributed by atoms with E-state index in [0.717, 1.165) is 34.5 Å². The molecule has 0 saturated carbocycles. The second-order valence-electron chi connectivity index (χ2n) is 7.20. The molecule has 6 heteroatoms. The van der Waals surface area contributed by atoms with E-state index in [9.17, 15) is 9.18 Å². The van der Waals surface area contributed by atoms with Crippen LogP contribution in [0, 0.1) is 12.7 Å². The lowest BCUT2D eigenvalue weighted by Crippen LogP contribution is -2.41. The van der Waals surface area contributed by atoms with E-state index >= 15 is 0 Å². The van der Waals surface area contributed by atoms with Crippen molar-refractivity contribution < 1.29 is 9.18 Å². The average Bonchev–Trinajstić information content (AvgIpc) is 2.96. The molecule has 29 heavy (non-hydrogen) atoms. The molecule has 4 rings (SSSR count). The van der Waals surface area contributed by atoms with Crippen LogP contribution < -0.4 is 5.32 Å². The third-order valence-electron chi connectivity index (χ3n) is 5.23. The van der Waals surface area contributed by atoms with E-state index in [1.165, 1.54) is 12.1 Å². The van der Waals surface area contributed by atoms with Crippen LogP contribution in [0.1, 0.15) is 22.5 Å². The first-order valence-corrected chi connectivity index (χ1v) is 9.79. The quantitative estimate of drug-likeness (QED) is 0.738. The molecule has 0 spiro atoms. The Hall–Kier alpha value is -3.28. The van der Waals surface area contributed by atoms with Crippen molar-refractivity contribution in [1.82, 2.24) is 20.2 Å². The van der Waals surface area contributed by atoms with Gasteiger partial charge in [-0.25, -0.2) is 19.2 Å². The highest BCUT2D eigenvalue weighted by molar-refractivity contribution is 5.74. The zero-order valence-electron chi connectivity index (χ0n) is 16.4. The molecular formula is C23H23FN4O. The number of hydrogen-bond acceptors (Lipinski definition) is 3. The SMILES string of the molecule is Cc1nc(-c2ccc(F)cc2)nc2c1CCN(C(=O)NCc1ccccc1)CC2. The summed E-state index contributed by atoms with van der Waals surface area (Å²) >= 11 is 0. The van der Waals surface area contributed by atoms with Crippen LogP contribution in [0.15, 0.2) is 54.6 Å². The predicted octanol–water partition coefficient (Wildman–Crippen LogP) is 3.90. The zero-order chi connectivity index (χ0) is 20.2. The maximum atomic E-state index is 13.2. The normalized spacial score (nSPS) is 13.5. The van der Waals surface area contributed by atoms with Gasteiger partial charge in [0, 0.05) is 43.0 Å². The topological polar surface area (TPSA) is 58.1 Å². The third-order valence-corrected chi connectivity index (χ3v) is 5.23. The second-order valence-corrected chi connectivity index (χ2v) is 7.20. The van der Waals surface area contributed by atoms with E-state index in [2.05, 4.69) is 10.3 Å². The number of aromatic nitrogens is 2. The summed E-state index contributed by atoms with van der Waals surface area (Å²) in [6.07, 6.45) is 1.40. The summed E-state index contributed by atoms with van der Waals surface area (Å²) in [5, 5.41) is 3.00. The highest BCUT2D eigenvalue weighted by Gasteiger charge is 2.21. The molecule has 0 saturated heterocycles. The summed E-state index contributed by atoms with van der Waals surface area (Å²) in [6, 6.07) is 16.0. The van der Waals surface area contributed by atoms with Gasteiger partial charge in [0.2, 0.25) is 0 Å². The number of nitrogens with one attached hydrogen (secondary N) is 1. The van der Waals surface area contributed by atoms with E-state index < -0.39 is 0 Å². The number of aryl methyl sites for hydroxylation is 1. The summed E-state index contributed by atoms with van der Waals surface area (Å²) in [5.41, 5.74) is 4.86. The molecule has 2 aromatic carbocycles. The number of fused-ring (bicyclic) bond motifs is 1. The standard InChI is InChI=1S/C23H23FN4O/c1-16-20-11-13-28(23(29)25-15-17-5-3-2-4-6-17)14-12-21(20)27-22(26-16)18-7-9-19(24)10-8-18/h2-10H,11-15H2,1H3,(H,25,29). The number of benzene rings is 2. The largest absolute Gasteiger partial charge is 0.334 e. The monoisotopic (exact) mass is 390 g/mol. The maximum absolute atomic E-state index is 13.2. The first-order chi connectivity index (χ1) is 14.1. The molecular weight excluding hydrogens is 367 g/mol. The number of halogens is 1.